The second-order valence-electron chi connectivity index (χ2n) is 6.95. The zero-order valence-corrected chi connectivity index (χ0v) is 21.3. The van der Waals surface area contributed by atoms with Crippen LogP contribution in [0.25, 0.3) is 16.9 Å². The van der Waals surface area contributed by atoms with Crippen LogP contribution in [0.3, 0.4) is 0 Å². The van der Waals surface area contributed by atoms with Crippen LogP contribution in [0.15, 0.2) is 76.4 Å². The summed E-state index contributed by atoms with van der Waals surface area (Å²) in [6, 6.07) is 15.0. The van der Waals surface area contributed by atoms with Crippen LogP contribution in [0.4, 0.5) is 5.69 Å². The highest BCUT2D eigenvalue weighted by atomic mass is 79.9. The minimum absolute atomic E-state index is 0. The molecule has 0 aliphatic heterocycles. The highest BCUT2D eigenvalue weighted by Gasteiger charge is 2.16. The van der Waals surface area contributed by atoms with E-state index in [4.69, 9.17) is 28.2 Å². The first-order chi connectivity index (χ1) is 14.9. The number of nitrogens with zero attached hydrogens (tertiary/aromatic N) is 4. The quantitative estimate of drug-likeness (QED) is 0.352. The molecule has 4 rings (SSSR count). The van der Waals surface area contributed by atoms with Crippen LogP contribution >= 0.6 is 34.5 Å². The second kappa shape index (κ2) is 10.1. The van der Waals surface area contributed by atoms with Gasteiger partial charge in [0.05, 0.1) is 27.1 Å². The molecule has 0 spiro atoms. The third-order valence-electron chi connectivity index (χ3n) is 5.06. The number of halogens is 3. The van der Waals surface area contributed by atoms with Gasteiger partial charge >= 0.3 is 0 Å². The van der Waals surface area contributed by atoms with Crippen LogP contribution in [0.5, 0.6) is 0 Å². The molecule has 9 heteroatoms. The summed E-state index contributed by atoms with van der Waals surface area (Å²) in [5.41, 5.74) is 3.66. The lowest BCUT2D eigenvalue weighted by molar-refractivity contribution is -0.00000615. The Morgan fingerprint density at radius 1 is 1.12 bits per heavy atom. The van der Waals surface area contributed by atoms with Gasteiger partial charge in [-0.2, -0.15) is 0 Å². The lowest BCUT2D eigenvalue weighted by Gasteiger charge is -2.07. The summed E-state index contributed by atoms with van der Waals surface area (Å²) in [6.07, 6.45) is 1.80. The van der Waals surface area contributed by atoms with Gasteiger partial charge in [0.2, 0.25) is 0 Å². The minimum atomic E-state index is -0.166. The Bertz CT molecular complexity index is 1400. The molecule has 0 atom stereocenters. The van der Waals surface area contributed by atoms with E-state index in [-0.39, 0.29) is 22.5 Å². The molecule has 0 fully saturated rings. The minimum Gasteiger partial charge on any atom is -1.00 e. The van der Waals surface area contributed by atoms with Crippen molar-refractivity contribution in [3.05, 3.63) is 97.5 Å². The van der Waals surface area contributed by atoms with Gasteiger partial charge in [0.25, 0.3) is 5.56 Å². The molecule has 0 saturated heterocycles. The van der Waals surface area contributed by atoms with Gasteiger partial charge in [-0.3, -0.25) is 9.48 Å². The number of thiazole rings is 1. The molecule has 0 bridgehead atoms. The summed E-state index contributed by atoms with van der Waals surface area (Å²) in [5, 5.41) is 2.98. The van der Waals surface area contributed by atoms with E-state index in [2.05, 4.69) is 6.58 Å². The van der Waals surface area contributed by atoms with Gasteiger partial charge in [0, 0.05) is 24.5 Å². The third-order valence-corrected chi connectivity index (χ3v) is 6.66. The summed E-state index contributed by atoms with van der Waals surface area (Å²) in [6.45, 7) is 6.30. The van der Waals surface area contributed by atoms with Crippen molar-refractivity contribution in [1.29, 1.82) is 0 Å². The molecule has 0 saturated carbocycles. The van der Waals surface area contributed by atoms with E-state index < -0.39 is 0 Å². The van der Waals surface area contributed by atoms with Gasteiger partial charge in [0.15, 0.2) is 10.5 Å². The standard InChI is InChI=1S/C23H20Cl2N4OS.BrH/c1-4-12-28-20(16-10-11-18(24)19(25)13-16)14-31-23(28)26-21-15(2)27(3)29(22(21)30)17-8-6-5-7-9-17;/h4-11,13-14H,1,12H2,2-3H3;1H/p-1. The predicted molar refractivity (Wildman–Crippen MR) is 129 cm³/mol. The van der Waals surface area contributed by atoms with Crippen LogP contribution in [0.2, 0.25) is 10.0 Å². The van der Waals surface area contributed by atoms with E-state index in [9.17, 15) is 4.79 Å². The number of rotatable bonds is 5. The molecule has 2 heterocycles. The van der Waals surface area contributed by atoms with E-state index >= 15 is 0 Å². The largest absolute Gasteiger partial charge is 1.00 e. The first-order valence-corrected chi connectivity index (χ1v) is 11.2. The van der Waals surface area contributed by atoms with Crippen molar-refractivity contribution < 1.29 is 17.0 Å². The normalized spacial score (nSPS) is 11.4. The fourth-order valence-electron chi connectivity index (χ4n) is 3.39. The van der Waals surface area contributed by atoms with Crippen molar-refractivity contribution in [3.63, 3.8) is 0 Å². The molecule has 0 N–H and O–H groups in total. The molecule has 0 amide bonds. The van der Waals surface area contributed by atoms with E-state index in [0.717, 1.165) is 22.6 Å². The SMILES string of the molecule is C=CCn1c(-c2ccc(Cl)c(Cl)c2)csc1=Nc1c(C)n(C)n(-c2ccccc2)c1=O.[Br-]. The Balaban J connectivity index is 0.00000289. The molecule has 4 aromatic rings. The number of hydrogen-bond acceptors (Lipinski definition) is 3. The van der Waals surface area contributed by atoms with Crippen molar-refractivity contribution in [2.75, 3.05) is 0 Å². The maximum absolute atomic E-state index is 13.2. The predicted octanol–water partition coefficient (Wildman–Crippen LogP) is 2.74. The van der Waals surface area contributed by atoms with Gasteiger partial charge < -0.3 is 21.5 Å². The average molecular weight is 551 g/mol. The smallest absolute Gasteiger partial charge is 0.297 e. The Hall–Kier alpha value is -2.32. The van der Waals surface area contributed by atoms with Crippen molar-refractivity contribution in [3.8, 4) is 16.9 Å². The van der Waals surface area contributed by atoms with E-state index in [0.29, 0.717) is 27.1 Å². The van der Waals surface area contributed by atoms with Crippen molar-refractivity contribution >= 4 is 40.2 Å². The highest BCUT2D eigenvalue weighted by Crippen LogP contribution is 2.29. The fraction of sp³-hybridized carbons (Fsp3) is 0.130. The molecule has 0 radical (unpaired) electrons. The Morgan fingerprint density at radius 2 is 1.84 bits per heavy atom. The van der Waals surface area contributed by atoms with Gasteiger partial charge in [-0.05, 0) is 31.2 Å². The summed E-state index contributed by atoms with van der Waals surface area (Å²) >= 11 is 13.8. The van der Waals surface area contributed by atoms with Gasteiger partial charge in [-0.1, -0.05) is 53.5 Å². The number of hydrogen-bond donors (Lipinski definition) is 0. The highest BCUT2D eigenvalue weighted by molar-refractivity contribution is 7.07. The van der Waals surface area contributed by atoms with Crippen molar-refractivity contribution in [2.45, 2.75) is 13.5 Å². The average Bonchev–Trinajstić information content (AvgIpc) is 3.25. The number of benzene rings is 2. The lowest BCUT2D eigenvalue weighted by Crippen LogP contribution is -3.00. The van der Waals surface area contributed by atoms with Gasteiger partial charge in [0.1, 0.15) is 0 Å². The Kier molecular flexibility index (Phi) is 7.67. The molecule has 2 aromatic carbocycles. The number of allylic oxidation sites excluding steroid dienone is 1. The second-order valence-corrected chi connectivity index (χ2v) is 8.60. The van der Waals surface area contributed by atoms with E-state index in [1.54, 1.807) is 16.8 Å². The maximum atomic E-state index is 13.2. The molecule has 2 aromatic heterocycles. The van der Waals surface area contributed by atoms with Crippen LogP contribution in [0, 0.1) is 6.92 Å². The van der Waals surface area contributed by atoms with Crippen LogP contribution in [-0.2, 0) is 13.6 Å². The Labute approximate surface area is 210 Å². The molecule has 0 unspecified atom stereocenters. The maximum Gasteiger partial charge on any atom is 0.297 e. The van der Waals surface area contributed by atoms with Crippen LogP contribution < -0.4 is 27.3 Å². The molecule has 0 aliphatic carbocycles. The molecule has 166 valence electrons. The summed E-state index contributed by atoms with van der Waals surface area (Å²) in [5.74, 6) is 0. The molecule has 0 aliphatic rings. The summed E-state index contributed by atoms with van der Waals surface area (Å²) in [7, 11) is 1.86. The first kappa shape index (κ1) is 24.3. The van der Waals surface area contributed by atoms with E-state index in [1.807, 2.05) is 71.1 Å². The first-order valence-electron chi connectivity index (χ1n) is 9.55. The Morgan fingerprint density at radius 3 is 2.50 bits per heavy atom. The number of para-hydroxylation sites is 1. The topological polar surface area (TPSA) is 44.2 Å². The molecular weight excluding hydrogens is 531 g/mol. The molecular formula is C23H20BrCl2N4OS-. The zero-order valence-electron chi connectivity index (χ0n) is 17.4. The molecule has 5 nitrogen and oxygen atoms in total. The summed E-state index contributed by atoms with van der Waals surface area (Å²) < 4.78 is 5.46. The van der Waals surface area contributed by atoms with Gasteiger partial charge in [-0.15, -0.1) is 17.9 Å². The van der Waals surface area contributed by atoms with E-state index in [1.165, 1.54) is 11.3 Å². The van der Waals surface area contributed by atoms with Crippen molar-refractivity contribution in [1.82, 2.24) is 13.9 Å². The summed E-state index contributed by atoms with van der Waals surface area (Å²) in [4.78, 5) is 18.7. The van der Waals surface area contributed by atoms with Crippen molar-refractivity contribution in [2.24, 2.45) is 12.0 Å². The number of aromatic nitrogens is 3. The fourth-order valence-corrected chi connectivity index (χ4v) is 4.61. The zero-order chi connectivity index (χ0) is 22.1. The third kappa shape index (κ3) is 4.43. The lowest BCUT2D eigenvalue weighted by atomic mass is 10.2. The van der Waals surface area contributed by atoms with Crippen LogP contribution in [-0.4, -0.2) is 13.9 Å². The van der Waals surface area contributed by atoms with Crippen LogP contribution in [0.1, 0.15) is 5.69 Å². The molecule has 32 heavy (non-hydrogen) atoms. The monoisotopic (exact) mass is 549 g/mol. The van der Waals surface area contributed by atoms with Gasteiger partial charge in [-0.25, -0.2) is 9.67 Å².